The van der Waals surface area contributed by atoms with Gasteiger partial charge in [0, 0.05) is 10.8 Å². The van der Waals surface area contributed by atoms with Crippen LogP contribution in [0.3, 0.4) is 0 Å². The van der Waals surface area contributed by atoms with E-state index in [-0.39, 0.29) is 40.6 Å². The van der Waals surface area contributed by atoms with Gasteiger partial charge in [0.15, 0.2) is 0 Å². The summed E-state index contributed by atoms with van der Waals surface area (Å²) < 4.78 is 0. The highest BCUT2D eigenvalue weighted by Gasteiger charge is 2.72. The van der Waals surface area contributed by atoms with Crippen LogP contribution in [0, 0.1) is 50.2 Å². The molecule has 4 saturated carbocycles. The average Bonchev–Trinajstić information content (AvgIpc) is 2.81. The third-order valence-corrected chi connectivity index (χ3v) is 13.3. The van der Waals surface area contributed by atoms with Gasteiger partial charge in [0.1, 0.15) is 6.10 Å². The molecule has 0 bridgehead atoms. The van der Waals surface area contributed by atoms with E-state index in [1.807, 2.05) is 6.92 Å². The molecule has 0 radical (unpaired) electrons. The Kier molecular flexibility index (Phi) is 5.77. The van der Waals surface area contributed by atoms with Gasteiger partial charge in [-0.2, -0.15) is 0 Å². The van der Waals surface area contributed by atoms with Crippen molar-refractivity contribution < 1.29 is 30.3 Å². The van der Waals surface area contributed by atoms with E-state index in [4.69, 9.17) is 0 Å². The minimum Gasteiger partial charge on any atom is -0.481 e. The van der Waals surface area contributed by atoms with Crippen molar-refractivity contribution in [2.45, 2.75) is 111 Å². The van der Waals surface area contributed by atoms with E-state index in [0.717, 1.165) is 44.9 Å². The molecular formula is C30H48O6. The van der Waals surface area contributed by atoms with Gasteiger partial charge < -0.3 is 25.5 Å². The molecule has 0 aliphatic heterocycles. The second-order valence-corrected chi connectivity index (χ2v) is 15.1. The molecule has 6 nitrogen and oxygen atoms in total. The summed E-state index contributed by atoms with van der Waals surface area (Å²) in [5, 5.41) is 54.4. The van der Waals surface area contributed by atoms with Gasteiger partial charge in [-0.25, -0.2) is 0 Å². The Bertz CT molecular complexity index is 974. The number of carbonyl (C=O) groups is 1. The van der Waals surface area contributed by atoms with Crippen molar-refractivity contribution in [2.24, 2.45) is 50.2 Å². The highest BCUT2D eigenvalue weighted by atomic mass is 16.4. The van der Waals surface area contributed by atoms with Gasteiger partial charge >= 0.3 is 5.97 Å². The Morgan fingerprint density at radius 2 is 1.56 bits per heavy atom. The fourth-order valence-electron chi connectivity index (χ4n) is 10.7. The molecule has 6 heteroatoms. The van der Waals surface area contributed by atoms with Gasteiger partial charge in [0.25, 0.3) is 0 Å². The summed E-state index contributed by atoms with van der Waals surface area (Å²) in [5.74, 6) is -0.704. The lowest BCUT2D eigenvalue weighted by Gasteiger charge is -2.72. The van der Waals surface area contributed by atoms with Gasteiger partial charge in [-0.05, 0) is 85.4 Å². The van der Waals surface area contributed by atoms with Crippen LogP contribution < -0.4 is 0 Å². The Morgan fingerprint density at radius 1 is 0.917 bits per heavy atom. The van der Waals surface area contributed by atoms with E-state index in [1.54, 1.807) is 0 Å². The van der Waals surface area contributed by atoms with Gasteiger partial charge in [-0.1, -0.05) is 53.2 Å². The molecule has 0 heterocycles. The van der Waals surface area contributed by atoms with E-state index < -0.39 is 40.5 Å². The molecule has 0 amide bonds. The van der Waals surface area contributed by atoms with Crippen molar-refractivity contribution in [2.75, 3.05) is 6.61 Å². The lowest BCUT2D eigenvalue weighted by molar-refractivity contribution is -0.287. The number of hydrogen-bond acceptors (Lipinski definition) is 5. The number of aliphatic carboxylic acids is 1. The van der Waals surface area contributed by atoms with Crippen LogP contribution in [-0.2, 0) is 4.79 Å². The Labute approximate surface area is 216 Å². The normalized spacial score (nSPS) is 55.9. The topological polar surface area (TPSA) is 118 Å². The number of hydrogen-bond donors (Lipinski definition) is 5. The molecule has 5 aliphatic rings. The van der Waals surface area contributed by atoms with Crippen molar-refractivity contribution in [1.82, 2.24) is 0 Å². The van der Waals surface area contributed by atoms with Crippen LogP contribution in [0.25, 0.3) is 0 Å². The predicted molar refractivity (Wildman–Crippen MR) is 137 cm³/mol. The summed E-state index contributed by atoms with van der Waals surface area (Å²) in [7, 11) is 0. The number of carboxylic acid groups (broad SMARTS) is 1. The maximum Gasteiger partial charge on any atom is 0.310 e. The minimum absolute atomic E-state index is 0.0206. The molecular weight excluding hydrogens is 456 g/mol. The van der Waals surface area contributed by atoms with Gasteiger partial charge in [-0.3, -0.25) is 4.79 Å². The van der Waals surface area contributed by atoms with E-state index in [0.29, 0.717) is 6.42 Å². The second kappa shape index (κ2) is 7.80. The zero-order valence-corrected chi connectivity index (χ0v) is 23.0. The molecule has 0 aromatic rings. The first-order chi connectivity index (χ1) is 16.5. The molecule has 0 saturated heterocycles. The lowest BCUT2D eigenvalue weighted by Crippen LogP contribution is -2.73. The van der Waals surface area contributed by atoms with E-state index >= 15 is 0 Å². The number of aliphatic hydroxyl groups is 4. The molecule has 4 fully saturated rings. The first-order valence-electron chi connectivity index (χ1n) is 14.1. The van der Waals surface area contributed by atoms with Gasteiger partial charge in [0.05, 0.1) is 24.2 Å². The molecule has 0 aromatic heterocycles. The maximum absolute atomic E-state index is 12.8. The quantitative estimate of drug-likeness (QED) is 0.361. The van der Waals surface area contributed by atoms with E-state index in [2.05, 4.69) is 40.7 Å². The van der Waals surface area contributed by atoms with Gasteiger partial charge in [-0.15, -0.1) is 0 Å². The molecule has 11 atom stereocenters. The van der Waals surface area contributed by atoms with Crippen LogP contribution in [0.15, 0.2) is 11.6 Å². The molecule has 0 spiro atoms. The summed E-state index contributed by atoms with van der Waals surface area (Å²) in [6, 6.07) is 0. The predicted octanol–water partition coefficient (Wildman–Crippen LogP) is 4.15. The molecule has 5 aliphatic carbocycles. The van der Waals surface area contributed by atoms with Crippen LogP contribution in [-0.4, -0.2) is 56.4 Å². The number of rotatable bonds is 2. The van der Waals surface area contributed by atoms with Crippen molar-refractivity contribution >= 4 is 5.97 Å². The van der Waals surface area contributed by atoms with Crippen molar-refractivity contribution in [3.8, 4) is 0 Å². The fraction of sp³-hybridized carbons (Fsp3) is 0.900. The highest BCUT2D eigenvalue weighted by Crippen LogP contribution is 2.75. The molecule has 36 heavy (non-hydrogen) atoms. The van der Waals surface area contributed by atoms with Crippen LogP contribution in [0.5, 0.6) is 0 Å². The summed E-state index contributed by atoms with van der Waals surface area (Å²) >= 11 is 0. The fourth-order valence-corrected chi connectivity index (χ4v) is 10.7. The van der Waals surface area contributed by atoms with Crippen molar-refractivity contribution in [3.63, 3.8) is 0 Å². The van der Waals surface area contributed by atoms with Crippen molar-refractivity contribution in [3.05, 3.63) is 11.6 Å². The van der Waals surface area contributed by atoms with Crippen molar-refractivity contribution in [1.29, 1.82) is 0 Å². The number of carboxylic acids is 1. The van der Waals surface area contributed by atoms with Gasteiger partial charge in [0.2, 0.25) is 0 Å². The summed E-state index contributed by atoms with van der Waals surface area (Å²) in [6.45, 7) is 12.9. The monoisotopic (exact) mass is 504 g/mol. The smallest absolute Gasteiger partial charge is 0.310 e. The Hall–Kier alpha value is -0.950. The maximum atomic E-state index is 12.8. The Morgan fingerprint density at radius 3 is 2.17 bits per heavy atom. The van der Waals surface area contributed by atoms with Crippen LogP contribution in [0.4, 0.5) is 0 Å². The molecule has 5 rings (SSSR count). The highest BCUT2D eigenvalue weighted by molar-refractivity contribution is 5.76. The Balaban J connectivity index is 1.64. The zero-order chi connectivity index (χ0) is 26.7. The summed E-state index contributed by atoms with van der Waals surface area (Å²) in [6.07, 6.45) is 5.16. The SMILES string of the molecule is CC1(C)CC[C@]2(C(=O)O)CC[C@]3(C)C(=CC[C@@H]4[C@@]5(C)[C@@H](O)[C@@H](O)[C@H](O)[C@](C)(CO)[C@@H]5CC[C@]43C)[C@@H]2C1. The standard InChI is InChI=1S/C30H48O6/c1-25(2)11-13-30(24(35)36)14-12-27(4)17(18(30)15-25)7-8-20-28(27,5)10-9-19-26(3,16-31)22(33)21(32)23(34)29(19,20)6/h7,18-23,31-34H,8-16H2,1-6H3,(H,35,36)/t18-,19-,20-,21-,22-,23-,26+,27+,28+,29-,30-/m0/s1. The number of allylic oxidation sites excluding steroid dienone is 2. The molecule has 5 N–H and O–H groups in total. The van der Waals surface area contributed by atoms with Crippen LogP contribution in [0.1, 0.15) is 92.9 Å². The average molecular weight is 505 g/mol. The second-order valence-electron chi connectivity index (χ2n) is 15.1. The van der Waals surface area contributed by atoms with Crippen LogP contribution in [0.2, 0.25) is 0 Å². The summed E-state index contributed by atoms with van der Waals surface area (Å²) in [4.78, 5) is 12.8. The molecule has 0 aromatic carbocycles. The summed E-state index contributed by atoms with van der Waals surface area (Å²) in [5.41, 5.74) is -1.22. The largest absolute Gasteiger partial charge is 0.481 e. The molecule has 0 unspecified atom stereocenters. The third-order valence-electron chi connectivity index (χ3n) is 13.3. The third kappa shape index (κ3) is 2.96. The lowest BCUT2D eigenvalue weighted by atomic mass is 9.33. The first-order valence-corrected chi connectivity index (χ1v) is 14.1. The number of fused-ring (bicyclic) bond motifs is 7. The molecule has 204 valence electrons. The minimum atomic E-state index is -1.31. The first kappa shape index (κ1) is 26.6. The van der Waals surface area contributed by atoms with Crippen LogP contribution >= 0.6 is 0 Å². The van der Waals surface area contributed by atoms with E-state index in [9.17, 15) is 30.3 Å². The number of aliphatic hydroxyl groups excluding tert-OH is 4. The zero-order valence-electron chi connectivity index (χ0n) is 23.0. The van der Waals surface area contributed by atoms with E-state index in [1.165, 1.54) is 5.57 Å².